The van der Waals surface area contributed by atoms with Gasteiger partial charge in [0.05, 0.1) is 11.0 Å². The molecule has 3 rings (SSSR count). The van der Waals surface area contributed by atoms with Crippen LogP contribution in [-0.2, 0) is 0 Å². The summed E-state index contributed by atoms with van der Waals surface area (Å²) in [6.45, 7) is 0. The predicted octanol–water partition coefficient (Wildman–Crippen LogP) is 1.88. The maximum atomic E-state index is 4.28. The van der Waals surface area contributed by atoms with Crippen molar-refractivity contribution in [2.24, 2.45) is 0 Å². The zero-order valence-corrected chi connectivity index (χ0v) is 7.98. The average molecular weight is 202 g/mol. The first-order valence-corrected chi connectivity index (χ1v) is 5.02. The topological polar surface area (TPSA) is 43.6 Å². The average Bonchev–Trinajstić information content (AvgIpc) is 2.85. The minimum Gasteiger partial charge on any atom is -0.273 e. The van der Waals surface area contributed by atoms with E-state index in [1.165, 1.54) is 11.3 Å². The first kappa shape index (κ1) is 7.64. The third-order valence-electron chi connectivity index (χ3n) is 2.01. The first-order chi connectivity index (χ1) is 6.95. The lowest BCUT2D eigenvalue weighted by molar-refractivity contribution is 0.983. The number of benzene rings is 1. The lowest BCUT2D eigenvalue weighted by Crippen LogP contribution is -1.90. The number of para-hydroxylation sites is 2. The highest BCUT2D eigenvalue weighted by Gasteiger charge is 2.05. The van der Waals surface area contributed by atoms with Crippen LogP contribution in [0.4, 0.5) is 0 Å². The van der Waals surface area contributed by atoms with Gasteiger partial charge >= 0.3 is 0 Å². The van der Waals surface area contributed by atoms with E-state index in [9.17, 15) is 0 Å². The minimum atomic E-state index is 0.846. The molecule has 0 saturated carbocycles. The molecule has 0 aliphatic rings. The van der Waals surface area contributed by atoms with Crippen LogP contribution >= 0.6 is 11.3 Å². The largest absolute Gasteiger partial charge is 0.273 e. The van der Waals surface area contributed by atoms with E-state index >= 15 is 0 Å². The standard InChI is InChI=1S/C9H6N4S/c1-2-4-8-7(3-1)10-5-13(8)9-12-11-6-14-9/h1-6H. The van der Waals surface area contributed by atoms with E-state index in [1.807, 2.05) is 28.8 Å². The second-order valence-electron chi connectivity index (χ2n) is 2.82. The monoisotopic (exact) mass is 202 g/mol. The molecule has 68 valence electrons. The Kier molecular flexibility index (Phi) is 1.57. The summed E-state index contributed by atoms with van der Waals surface area (Å²) in [5, 5.41) is 8.65. The van der Waals surface area contributed by atoms with Gasteiger partial charge in [-0.2, -0.15) is 0 Å². The number of fused-ring (bicyclic) bond motifs is 1. The van der Waals surface area contributed by atoms with Gasteiger partial charge in [0, 0.05) is 0 Å². The van der Waals surface area contributed by atoms with E-state index in [-0.39, 0.29) is 0 Å². The summed E-state index contributed by atoms with van der Waals surface area (Å²) in [6, 6.07) is 7.96. The highest BCUT2D eigenvalue weighted by atomic mass is 32.1. The molecule has 0 aliphatic carbocycles. The number of nitrogens with zero attached hydrogens (tertiary/aromatic N) is 4. The van der Waals surface area contributed by atoms with Crippen molar-refractivity contribution < 1.29 is 0 Å². The zero-order valence-electron chi connectivity index (χ0n) is 7.16. The van der Waals surface area contributed by atoms with Crippen LogP contribution in [0.15, 0.2) is 36.1 Å². The van der Waals surface area contributed by atoms with Crippen LogP contribution in [0.2, 0.25) is 0 Å². The Morgan fingerprint density at radius 1 is 1.21 bits per heavy atom. The van der Waals surface area contributed by atoms with Gasteiger partial charge < -0.3 is 0 Å². The van der Waals surface area contributed by atoms with Crippen LogP contribution < -0.4 is 0 Å². The summed E-state index contributed by atoms with van der Waals surface area (Å²) < 4.78 is 1.94. The van der Waals surface area contributed by atoms with Gasteiger partial charge in [-0.25, -0.2) is 4.98 Å². The Hall–Kier alpha value is -1.75. The molecule has 0 atom stereocenters. The fraction of sp³-hybridized carbons (Fsp3) is 0. The Morgan fingerprint density at radius 2 is 2.14 bits per heavy atom. The maximum Gasteiger partial charge on any atom is 0.217 e. The zero-order chi connectivity index (χ0) is 9.38. The summed E-state index contributed by atoms with van der Waals surface area (Å²) in [5.74, 6) is 0. The fourth-order valence-electron chi connectivity index (χ4n) is 1.38. The van der Waals surface area contributed by atoms with Crippen molar-refractivity contribution in [1.82, 2.24) is 19.7 Å². The highest BCUT2D eigenvalue weighted by molar-refractivity contribution is 7.11. The maximum absolute atomic E-state index is 4.28. The molecule has 5 heteroatoms. The Morgan fingerprint density at radius 3 is 3.00 bits per heavy atom. The molecule has 0 saturated heterocycles. The number of imidazole rings is 1. The fourth-order valence-corrected chi connectivity index (χ4v) is 1.93. The molecule has 2 heterocycles. The van der Waals surface area contributed by atoms with Crippen molar-refractivity contribution in [1.29, 1.82) is 0 Å². The van der Waals surface area contributed by atoms with Gasteiger partial charge in [-0.1, -0.05) is 23.5 Å². The molecule has 4 nitrogen and oxygen atoms in total. The minimum absolute atomic E-state index is 0.846. The Labute approximate surface area is 83.9 Å². The van der Waals surface area contributed by atoms with E-state index in [0.717, 1.165) is 16.2 Å². The highest BCUT2D eigenvalue weighted by Crippen LogP contribution is 2.17. The van der Waals surface area contributed by atoms with E-state index in [0.29, 0.717) is 0 Å². The number of aromatic nitrogens is 4. The molecule has 0 bridgehead atoms. The number of hydrogen-bond donors (Lipinski definition) is 0. The molecule has 2 aromatic heterocycles. The van der Waals surface area contributed by atoms with Gasteiger partial charge in [-0.15, -0.1) is 10.2 Å². The lowest BCUT2D eigenvalue weighted by Gasteiger charge is -1.95. The molecule has 1 aromatic carbocycles. The third-order valence-corrected chi connectivity index (χ3v) is 2.70. The molecular weight excluding hydrogens is 196 g/mol. The summed E-state index contributed by atoms with van der Waals surface area (Å²) >= 11 is 1.50. The van der Waals surface area contributed by atoms with Crippen LogP contribution in [0.5, 0.6) is 0 Å². The van der Waals surface area contributed by atoms with Gasteiger partial charge in [0.2, 0.25) is 5.13 Å². The molecule has 3 aromatic rings. The summed E-state index contributed by atoms with van der Waals surface area (Å²) in [6.07, 6.45) is 1.77. The summed E-state index contributed by atoms with van der Waals surface area (Å²) in [7, 11) is 0. The molecule has 0 spiro atoms. The van der Waals surface area contributed by atoms with E-state index < -0.39 is 0 Å². The molecular formula is C9H6N4S. The summed E-state index contributed by atoms with van der Waals surface area (Å²) in [5.41, 5.74) is 3.75. The Bertz CT molecular complexity index is 555. The molecule has 0 unspecified atom stereocenters. The van der Waals surface area contributed by atoms with E-state index in [2.05, 4.69) is 15.2 Å². The molecule has 14 heavy (non-hydrogen) atoms. The van der Waals surface area contributed by atoms with Crippen LogP contribution in [0.1, 0.15) is 0 Å². The van der Waals surface area contributed by atoms with Crippen molar-refractivity contribution in [2.75, 3.05) is 0 Å². The second kappa shape index (κ2) is 2.88. The Balaban J connectivity index is 2.33. The van der Waals surface area contributed by atoms with Crippen LogP contribution in [-0.4, -0.2) is 19.7 Å². The number of rotatable bonds is 1. The smallest absolute Gasteiger partial charge is 0.217 e. The van der Waals surface area contributed by atoms with Crippen molar-refractivity contribution in [3.63, 3.8) is 0 Å². The van der Waals surface area contributed by atoms with Gasteiger partial charge in [0.15, 0.2) is 0 Å². The van der Waals surface area contributed by atoms with Crippen LogP contribution in [0.25, 0.3) is 16.2 Å². The molecule has 0 fully saturated rings. The first-order valence-electron chi connectivity index (χ1n) is 4.14. The van der Waals surface area contributed by atoms with Crippen molar-refractivity contribution >= 4 is 22.4 Å². The second-order valence-corrected chi connectivity index (χ2v) is 3.64. The lowest BCUT2D eigenvalue weighted by atomic mass is 10.3. The molecule has 0 radical (unpaired) electrons. The SMILES string of the molecule is c1ccc2c(c1)ncn2-c1nncs1. The van der Waals surface area contributed by atoms with E-state index in [4.69, 9.17) is 0 Å². The molecule has 0 aliphatic heterocycles. The van der Waals surface area contributed by atoms with E-state index in [1.54, 1.807) is 11.8 Å². The van der Waals surface area contributed by atoms with Gasteiger partial charge in [0.25, 0.3) is 0 Å². The van der Waals surface area contributed by atoms with Crippen molar-refractivity contribution in [3.8, 4) is 5.13 Å². The van der Waals surface area contributed by atoms with Gasteiger partial charge in [0.1, 0.15) is 11.8 Å². The van der Waals surface area contributed by atoms with Crippen LogP contribution in [0, 0.1) is 0 Å². The summed E-state index contributed by atoms with van der Waals surface area (Å²) in [4.78, 5) is 4.28. The molecule has 0 N–H and O–H groups in total. The van der Waals surface area contributed by atoms with Crippen LogP contribution in [0.3, 0.4) is 0 Å². The third kappa shape index (κ3) is 1.03. The van der Waals surface area contributed by atoms with Gasteiger partial charge in [-0.05, 0) is 12.1 Å². The van der Waals surface area contributed by atoms with Gasteiger partial charge in [-0.3, -0.25) is 4.57 Å². The quantitative estimate of drug-likeness (QED) is 0.605. The van der Waals surface area contributed by atoms with Crippen molar-refractivity contribution in [2.45, 2.75) is 0 Å². The molecule has 0 amide bonds. The predicted molar refractivity (Wildman–Crippen MR) is 54.5 cm³/mol. The van der Waals surface area contributed by atoms with Crippen molar-refractivity contribution in [3.05, 3.63) is 36.1 Å². The number of hydrogen-bond acceptors (Lipinski definition) is 4. The normalized spacial score (nSPS) is 10.9.